The third-order valence-corrected chi connectivity index (χ3v) is 6.68. The van der Waals surface area contributed by atoms with E-state index in [-0.39, 0.29) is 29.4 Å². The summed E-state index contributed by atoms with van der Waals surface area (Å²) in [5.41, 5.74) is 0.171. The first-order valence-corrected chi connectivity index (χ1v) is 10.2. The third kappa shape index (κ3) is 3.77. The van der Waals surface area contributed by atoms with Crippen LogP contribution >= 0.6 is 0 Å². The van der Waals surface area contributed by atoms with E-state index >= 15 is 0 Å². The van der Waals surface area contributed by atoms with Gasteiger partial charge in [-0.3, -0.25) is 4.31 Å². The fourth-order valence-corrected chi connectivity index (χ4v) is 4.12. The fourth-order valence-electron chi connectivity index (χ4n) is 2.19. The minimum absolute atomic E-state index is 0.0192. The predicted octanol–water partition coefficient (Wildman–Crippen LogP) is 0.112. The SMILES string of the molecule is COc1ccc(S(=O)(=O)N2CCOCC2)cc1N(C)S(C)(=O)=O. The van der Waals surface area contributed by atoms with Gasteiger partial charge in [-0.15, -0.1) is 0 Å². The Labute approximate surface area is 136 Å². The standard InChI is InChI=1S/C13H20N2O6S2/c1-14(22(3,16)17)12-10-11(4-5-13(12)20-2)23(18,19)15-6-8-21-9-7-15/h4-5,10H,6-9H2,1-3H3. The first kappa shape index (κ1) is 18.0. The van der Waals surface area contributed by atoms with E-state index in [1.54, 1.807) is 0 Å². The maximum Gasteiger partial charge on any atom is 0.243 e. The van der Waals surface area contributed by atoms with Gasteiger partial charge in [0, 0.05) is 20.1 Å². The van der Waals surface area contributed by atoms with Crippen LogP contribution in [0, 0.1) is 0 Å². The number of rotatable bonds is 5. The molecule has 0 bridgehead atoms. The normalized spacial score (nSPS) is 17.0. The quantitative estimate of drug-likeness (QED) is 0.736. The molecule has 1 heterocycles. The van der Waals surface area contributed by atoms with Gasteiger partial charge in [-0.25, -0.2) is 16.8 Å². The Balaban J connectivity index is 2.48. The summed E-state index contributed by atoms with van der Waals surface area (Å²) in [5, 5.41) is 0. The molecule has 1 aliphatic rings. The van der Waals surface area contributed by atoms with Crippen molar-refractivity contribution in [3.8, 4) is 5.75 Å². The van der Waals surface area contributed by atoms with Crippen molar-refractivity contribution >= 4 is 25.7 Å². The van der Waals surface area contributed by atoms with Crippen molar-refractivity contribution in [3.05, 3.63) is 18.2 Å². The molecule has 0 unspecified atom stereocenters. The van der Waals surface area contributed by atoms with Crippen LogP contribution in [0.1, 0.15) is 0 Å². The number of hydrogen-bond acceptors (Lipinski definition) is 6. The minimum Gasteiger partial charge on any atom is -0.495 e. The van der Waals surface area contributed by atoms with Gasteiger partial charge < -0.3 is 9.47 Å². The van der Waals surface area contributed by atoms with E-state index in [4.69, 9.17) is 9.47 Å². The molecule has 0 saturated carbocycles. The highest BCUT2D eigenvalue weighted by Crippen LogP contribution is 2.32. The Kier molecular flexibility index (Phi) is 5.19. The second-order valence-corrected chi connectivity index (χ2v) is 9.03. The summed E-state index contributed by atoms with van der Waals surface area (Å²) in [6.45, 7) is 1.22. The molecule has 0 atom stereocenters. The molecule has 1 aliphatic heterocycles. The zero-order chi connectivity index (χ0) is 17.3. The monoisotopic (exact) mass is 364 g/mol. The predicted molar refractivity (Wildman–Crippen MR) is 85.8 cm³/mol. The van der Waals surface area contributed by atoms with Gasteiger partial charge in [-0.05, 0) is 18.2 Å². The summed E-state index contributed by atoms with van der Waals surface area (Å²) in [5.74, 6) is 0.277. The van der Waals surface area contributed by atoms with Crippen LogP contribution in [0.25, 0.3) is 0 Å². The van der Waals surface area contributed by atoms with Gasteiger partial charge in [0.05, 0.1) is 37.2 Å². The number of morpholine rings is 1. The molecule has 8 nitrogen and oxygen atoms in total. The lowest BCUT2D eigenvalue weighted by Crippen LogP contribution is -2.40. The van der Waals surface area contributed by atoms with Crippen LogP contribution in [0.2, 0.25) is 0 Å². The lowest BCUT2D eigenvalue weighted by atomic mass is 10.3. The van der Waals surface area contributed by atoms with E-state index in [1.807, 2.05) is 0 Å². The number of benzene rings is 1. The van der Waals surface area contributed by atoms with Gasteiger partial charge in [-0.1, -0.05) is 0 Å². The summed E-state index contributed by atoms with van der Waals surface area (Å²) in [7, 11) is -4.52. The van der Waals surface area contributed by atoms with Crippen LogP contribution in [0.15, 0.2) is 23.1 Å². The molecule has 0 amide bonds. The molecular weight excluding hydrogens is 344 g/mol. The zero-order valence-corrected chi connectivity index (χ0v) is 14.9. The number of nitrogens with zero attached hydrogens (tertiary/aromatic N) is 2. The second-order valence-electron chi connectivity index (χ2n) is 5.08. The molecule has 1 aromatic rings. The number of sulfonamides is 2. The van der Waals surface area contributed by atoms with Crippen molar-refractivity contribution in [1.29, 1.82) is 0 Å². The molecule has 23 heavy (non-hydrogen) atoms. The highest BCUT2D eigenvalue weighted by molar-refractivity contribution is 7.92. The van der Waals surface area contributed by atoms with Gasteiger partial charge >= 0.3 is 0 Å². The molecule has 0 radical (unpaired) electrons. The second kappa shape index (κ2) is 6.63. The van der Waals surface area contributed by atoms with Crippen molar-refractivity contribution in [2.45, 2.75) is 4.90 Å². The Morgan fingerprint density at radius 3 is 2.30 bits per heavy atom. The van der Waals surface area contributed by atoms with Crippen LogP contribution in [0.4, 0.5) is 5.69 Å². The van der Waals surface area contributed by atoms with Crippen molar-refractivity contribution < 1.29 is 26.3 Å². The molecule has 2 rings (SSSR count). The Morgan fingerprint density at radius 2 is 1.78 bits per heavy atom. The van der Waals surface area contributed by atoms with Gasteiger partial charge in [0.1, 0.15) is 5.75 Å². The van der Waals surface area contributed by atoms with E-state index < -0.39 is 20.0 Å². The number of methoxy groups -OCH3 is 1. The molecule has 1 fully saturated rings. The third-order valence-electron chi connectivity index (χ3n) is 3.59. The summed E-state index contributed by atoms with van der Waals surface area (Å²) >= 11 is 0. The summed E-state index contributed by atoms with van der Waals surface area (Å²) in [6, 6.07) is 4.16. The topological polar surface area (TPSA) is 93.2 Å². The maximum absolute atomic E-state index is 12.7. The first-order chi connectivity index (χ1) is 10.7. The smallest absolute Gasteiger partial charge is 0.243 e. The number of ether oxygens (including phenoxy) is 2. The van der Waals surface area contributed by atoms with E-state index in [1.165, 1.54) is 36.7 Å². The summed E-state index contributed by atoms with van der Waals surface area (Å²) < 4.78 is 61.5. The summed E-state index contributed by atoms with van der Waals surface area (Å²) in [4.78, 5) is 0.0192. The van der Waals surface area contributed by atoms with Crippen LogP contribution in [0.5, 0.6) is 5.75 Å². The molecular formula is C13H20N2O6S2. The van der Waals surface area contributed by atoms with Gasteiger partial charge in [-0.2, -0.15) is 4.31 Å². The number of anilines is 1. The molecule has 10 heteroatoms. The number of hydrogen-bond donors (Lipinski definition) is 0. The first-order valence-electron chi connectivity index (χ1n) is 6.88. The molecule has 1 aromatic carbocycles. The van der Waals surface area contributed by atoms with Crippen molar-refractivity contribution in [2.75, 3.05) is 51.0 Å². The molecule has 0 aromatic heterocycles. The molecule has 1 saturated heterocycles. The Morgan fingerprint density at radius 1 is 1.17 bits per heavy atom. The largest absolute Gasteiger partial charge is 0.495 e. The van der Waals surface area contributed by atoms with E-state index in [0.717, 1.165) is 10.6 Å². The van der Waals surface area contributed by atoms with Crippen molar-refractivity contribution in [1.82, 2.24) is 4.31 Å². The fraction of sp³-hybridized carbons (Fsp3) is 0.538. The molecule has 0 N–H and O–H groups in total. The average molecular weight is 364 g/mol. The van der Waals surface area contributed by atoms with Gasteiger partial charge in [0.25, 0.3) is 0 Å². The lowest BCUT2D eigenvalue weighted by Gasteiger charge is -2.27. The van der Waals surface area contributed by atoms with Crippen molar-refractivity contribution in [2.24, 2.45) is 0 Å². The van der Waals surface area contributed by atoms with E-state index in [0.29, 0.717) is 13.2 Å². The minimum atomic E-state index is -3.71. The van der Waals surface area contributed by atoms with Gasteiger partial charge in [0.2, 0.25) is 20.0 Å². The van der Waals surface area contributed by atoms with Crippen molar-refractivity contribution in [3.63, 3.8) is 0 Å². The summed E-state index contributed by atoms with van der Waals surface area (Å²) in [6.07, 6.45) is 1.04. The van der Waals surface area contributed by atoms with Gasteiger partial charge in [0.15, 0.2) is 0 Å². The van der Waals surface area contributed by atoms with Crippen LogP contribution < -0.4 is 9.04 Å². The average Bonchev–Trinajstić information content (AvgIpc) is 2.53. The lowest BCUT2D eigenvalue weighted by molar-refractivity contribution is 0.0730. The Bertz CT molecular complexity index is 770. The Hall–Kier alpha value is -1.36. The maximum atomic E-state index is 12.7. The molecule has 0 spiro atoms. The zero-order valence-electron chi connectivity index (χ0n) is 13.2. The molecule has 130 valence electrons. The van der Waals surface area contributed by atoms with Crippen LogP contribution in [-0.4, -0.2) is 67.9 Å². The highest BCUT2D eigenvalue weighted by Gasteiger charge is 2.28. The van der Waals surface area contributed by atoms with E-state index in [9.17, 15) is 16.8 Å². The van der Waals surface area contributed by atoms with Crippen LogP contribution in [0.3, 0.4) is 0 Å². The van der Waals surface area contributed by atoms with E-state index in [2.05, 4.69) is 0 Å². The van der Waals surface area contributed by atoms with Crippen LogP contribution in [-0.2, 0) is 24.8 Å². The molecule has 0 aliphatic carbocycles. The highest BCUT2D eigenvalue weighted by atomic mass is 32.2.